The summed E-state index contributed by atoms with van der Waals surface area (Å²) in [6.45, 7) is 1.72. The van der Waals surface area contributed by atoms with Gasteiger partial charge >= 0.3 is 12.0 Å². The number of primary amides is 1. The van der Waals surface area contributed by atoms with E-state index in [-0.39, 0.29) is 23.7 Å². The largest absolute Gasteiger partial charge is 0.491 e. The Balaban J connectivity index is 2.51. The first-order valence-electron chi connectivity index (χ1n) is 4.96. The van der Waals surface area contributed by atoms with Gasteiger partial charge in [0.2, 0.25) is 5.91 Å². The molecule has 1 rings (SSSR count). The minimum atomic E-state index is -1.08. The second-order valence-electron chi connectivity index (χ2n) is 3.37. The van der Waals surface area contributed by atoms with E-state index >= 15 is 0 Å². The van der Waals surface area contributed by atoms with E-state index in [1.807, 2.05) is 5.32 Å². The van der Waals surface area contributed by atoms with Gasteiger partial charge in [0.05, 0.1) is 13.0 Å². The number of ether oxygens (including phenoxy) is 1. The molecule has 0 atom stereocenters. The number of carboxylic acid groups (broad SMARTS) is 1. The lowest BCUT2D eigenvalue weighted by Gasteiger charge is -2.04. The molecule has 0 aliphatic rings. The van der Waals surface area contributed by atoms with Crippen molar-refractivity contribution in [2.24, 2.45) is 5.73 Å². The van der Waals surface area contributed by atoms with Crippen LogP contribution in [0.15, 0.2) is 6.07 Å². The number of imide groups is 1. The number of aromatic carboxylic acids is 1. The molecular weight excluding hydrogens is 260 g/mol. The van der Waals surface area contributed by atoms with Crippen molar-refractivity contribution in [3.8, 4) is 5.75 Å². The van der Waals surface area contributed by atoms with Crippen LogP contribution < -0.4 is 15.8 Å². The number of carbonyl (C=O) groups excluding carboxylic acids is 2. The minimum Gasteiger partial charge on any atom is -0.491 e. The molecule has 4 N–H and O–H groups in total. The highest BCUT2D eigenvalue weighted by molar-refractivity contribution is 7.14. The van der Waals surface area contributed by atoms with Crippen LogP contribution in [-0.4, -0.2) is 29.6 Å². The maximum Gasteiger partial charge on any atom is 0.349 e. The van der Waals surface area contributed by atoms with Gasteiger partial charge in [-0.1, -0.05) is 0 Å². The first-order chi connectivity index (χ1) is 8.40. The number of rotatable bonds is 5. The van der Waals surface area contributed by atoms with Gasteiger partial charge in [-0.3, -0.25) is 10.1 Å². The van der Waals surface area contributed by atoms with Crippen molar-refractivity contribution >= 4 is 29.2 Å². The third-order valence-electron chi connectivity index (χ3n) is 1.86. The predicted octanol–water partition coefficient (Wildman–Crippen LogP) is 0.719. The molecule has 0 radical (unpaired) electrons. The van der Waals surface area contributed by atoms with E-state index in [1.54, 1.807) is 13.0 Å². The van der Waals surface area contributed by atoms with E-state index in [0.717, 1.165) is 16.2 Å². The van der Waals surface area contributed by atoms with Gasteiger partial charge in [-0.25, -0.2) is 9.59 Å². The predicted molar refractivity (Wildman–Crippen MR) is 63.9 cm³/mol. The zero-order chi connectivity index (χ0) is 13.7. The number of carbonyl (C=O) groups is 3. The average Bonchev–Trinajstić information content (AvgIpc) is 2.58. The van der Waals surface area contributed by atoms with Crippen LogP contribution in [0.3, 0.4) is 0 Å². The fourth-order valence-electron chi connectivity index (χ4n) is 1.20. The summed E-state index contributed by atoms with van der Waals surface area (Å²) in [5, 5.41) is 10.8. The van der Waals surface area contributed by atoms with E-state index in [9.17, 15) is 14.4 Å². The van der Waals surface area contributed by atoms with Gasteiger partial charge in [0.15, 0.2) is 4.88 Å². The highest BCUT2D eigenvalue weighted by atomic mass is 32.1. The van der Waals surface area contributed by atoms with Crippen LogP contribution >= 0.6 is 11.3 Å². The van der Waals surface area contributed by atoms with Gasteiger partial charge in [-0.2, -0.15) is 0 Å². The van der Waals surface area contributed by atoms with Crippen molar-refractivity contribution in [1.82, 2.24) is 5.32 Å². The first-order valence-corrected chi connectivity index (χ1v) is 5.77. The Hall–Kier alpha value is -2.09. The lowest BCUT2D eigenvalue weighted by Crippen LogP contribution is -2.35. The standard InChI is InChI=1S/C10H12N2O5S/c1-5-4-6(8(18-5)9(14)15)17-3-2-7(13)12-10(11)16/h4H,2-3H2,1H3,(H,14,15)(H3,11,12,13,16). The van der Waals surface area contributed by atoms with Gasteiger partial charge in [0.1, 0.15) is 5.75 Å². The van der Waals surface area contributed by atoms with E-state index in [4.69, 9.17) is 15.6 Å². The van der Waals surface area contributed by atoms with Crippen LogP contribution in [0.2, 0.25) is 0 Å². The van der Waals surface area contributed by atoms with Crippen LogP contribution in [0.1, 0.15) is 21.0 Å². The Labute approximate surface area is 107 Å². The zero-order valence-corrected chi connectivity index (χ0v) is 10.4. The quantitative estimate of drug-likeness (QED) is 0.729. The molecule has 0 saturated heterocycles. The lowest BCUT2D eigenvalue weighted by molar-refractivity contribution is -0.120. The molecule has 0 spiro atoms. The van der Waals surface area contributed by atoms with Crippen molar-refractivity contribution in [1.29, 1.82) is 0 Å². The van der Waals surface area contributed by atoms with Crippen LogP contribution in [0, 0.1) is 6.92 Å². The SMILES string of the molecule is Cc1cc(OCCC(=O)NC(N)=O)c(C(=O)O)s1. The fraction of sp³-hybridized carbons (Fsp3) is 0.300. The highest BCUT2D eigenvalue weighted by Gasteiger charge is 2.15. The van der Waals surface area contributed by atoms with Crippen molar-refractivity contribution in [3.63, 3.8) is 0 Å². The Morgan fingerprint density at radius 3 is 2.72 bits per heavy atom. The summed E-state index contributed by atoms with van der Waals surface area (Å²) in [6.07, 6.45) is -0.0864. The second kappa shape index (κ2) is 6.01. The maximum absolute atomic E-state index is 11.1. The summed E-state index contributed by atoms with van der Waals surface area (Å²) in [5.41, 5.74) is 4.76. The Morgan fingerprint density at radius 2 is 2.17 bits per heavy atom. The van der Waals surface area contributed by atoms with Gasteiger partial charge in [0, 0.05) is 4.88 Å². The Morgan fingerprint density at radius 1 is 1.50 bits per heavy atom. The highest BCUT2D eigenvalue weighted by Crippen LogP contribution is 2.28. The molecule has 0 unspecified atom stereocenters. The molecule has 3 amide bonds. The summed E-state index contributed by atoms with van der Waals surface area (Å²) in [7, 11) is 0. The molecule has 7 nitrogen and oxygen atoms in total. The zero-order valence-electron chi connectivity index (χ0n) is 9.56. The van der Waals surface area contributed by atoms with E-state index in [1.165, 1.54) is 0 Å². The molecular formula is C10H12N2O5S. The normalized spacial score (nSPS) is 9.83. The number of nitrogens with two attached hydrogens (primary N) is 1. The minimum absolute atomic E-state index is 0.0322. The summed E-state index contributed by atoms with van der Waals surface area (Å²) >= 11 is 1.09. The Bertz CT molecular complexity index is 483. The maximum atomic E-state index is 11.1. The van der Waals surface area contributed by atoms with Gasteiger partial charge in [-0.15, -0.1) is 11.3 Å². The van der Waals surface area contributed by atoms with Crippen LogP contribution in [0.25, 0.3) is 0 Å². The van der Waals surface area contributed by atoms with Crippen LogP contribution in [-0.2, 0) is 4.79 Å². The number of urea groups is 1. The molecule has 0 bridgehead atoms. The number of thiophene rings is 1. The third-order valence-corrected chi connectivity index (χ3v) is 2.88. The van der Waals surface area contributed by atoms with Crippen LogP contribution in [0.4, 0.5) is 4.79 Å². The van der Waals surface area contributed by atoms with E-state index in [2.05, 4.69) is 0 Å². The monoisotopic (exact) mass is 272 g/mol. The molecule has 0 fully saturated rings. The molecule has 0 aliphatic heterocycles. The van der Waals surface area contributed by atoms with E-state index in [0.29, 0.717) is 0 Å². The van der Waals surface area contributed by atoms with Gasteiger partial charge in [-0.05, 0) is 13.0 Å². The summed E-state index contributed by atoms with van der Waals surface area (Å²) in [5.74, 6) is -1.44. The van der Waals surface area contributed by atoms with Gasteiger partial charge < -0.3 is 15.6 Å². The number of carboxylic acids is 1. The molecule has 1 aromatic heterocycles. The lowest BCUT2D eigenvalue weighted by atomic mass is 10.4. The van der Waals surface area contributed by atoms with Crippen molar-refractivity contribution in [2.45, 2.75) is 13.3 Å². The summed E-state index contributed by atoms with van der Waals surface area (Å²) < 4.78 is 5.19. The molecule has 1 aromatic rings. The first kappa shape index (κ1) is 14.0. The second-order valence-corrected chi connectivity index (χ2v) is 4.62. The average molecular weight is 272 g/mol. The van der Waals surface area contributed by atoms with Crippen molar-refractivity contribution < 1.29 is 24.2 Å². The molecule has 0 saturated carbocycles. The van der Waals surface area contributed by atoms with Crippen molar-refractivity contribution in [3.05, 3.63) is 15.8 Å². The molecule has 0 aromatic carbocycles. The number of hydrogen-bond acceptors (Lipinski definition) is 5. The molecule has 98 valence electrons. The summed E-state index contributed by atoms with van der Waals surface area (Å²) in [4.78, 5) is 33.2. The molecule has 1 heterocycles. The smallest absolute Gasteiger partial charge is 0.349 e. The molecule has 18 heavy (non-hydrogen) atoms. The summed E-state index contributed by atoms with van der Waals surface area (Å²) in [6, 6.07) is 0.651. The van der Waals surface area contributed by atoms with Gasteiger partial charge in [0.25, 0.3) is 0 Å². The molecule has 0 aliphatic carbocycles. The molecule has 8 heteroatoms. The van der Waals surface area contributed by atoms with Crippen molar-refractivity contribution in [2.75, 3.05) is 6.61 Å². The Kier molecular flexibility index (Phi) is 4.67. The third kappa shape index (κ3) is 4.06. The number of amides is 3. The topological polar surface area (TPSA) is 119 Å². The number of aryl methyl sites for hydroxylation is 1. The fourth-order valence-corrected chi connectivity index (χ4v) is 1.99. The van der Waals surface area contributed by atoms with Crippen LogP contribution in [0.5, 0.6) is 5.75 Å². The number of hydrogen-bond donors (Lipinski definition) is 3. The number of nitrogens with one attached hydrogen (secondary N) is 1. The van der Waals surface area contributed by atoms with E-state index < -0.39 is 17.9 Å².